The second-order valence-corrected chi connectivity index (χ2v) is 8.82. The fourth-order valence-corrected chi connectivity index (χ4v) is 4.09. The number of nitrogens with one attached hydrogen (secondary N) is 3. The molecule has 3 N–H and O–H groups in total. The molecule has 0 aliphatic carbocycles. The van der Waals surface area contributed by atoms with E-state index in [1.54, 1.807) is 31.0 Å². The van der Waals surface area contributed by atoms with E-state index in [9.17, 15) is 4.79 Å². The minimum absolute atomic E-state index is 0.0495. The molecule has 6 rings (SSSR count). The summed E-state index contributed by atoms with van der Waals surface area (Å²) in [6, 6.07) is 13.7. The molecule has 36 heavy (non-hydrogen) atoms. The zero-order valence-electron chi connectivity index (χ0n) is 19.6. The number of nitrogens with zero attached hydrogens (tertiary/aromatic N) is 5. The van der Waals surface area contributed by atoms with Crippen LogP contribution in [0.15, 0.2) is 73.4 Å². The monoisotopic (exact) mass is 474 g/mol. The molecule has 5 heterocycles. The van der Waals surface area contributed by atoms with E-state index in [2.05, 4.69) is 35.5 Å². The van der Waals surface area contributed by atoms with Crippen molar-refractivity contribution in [2.24, 2.45) is 5.92 Å². The number of hydrogen-bond donors (Lipinski definition) is 3. The van der Waals surface area contributed by atoms with Crippen molar-refractivity contribution in [1.29, 1.82) is 0 Å². The normalized spacial score (nSPS) is 11.4. The number of carbonyl (C=O) groups excluding carboxylic acids is 1. The number of anilines is 1. The molecule has 0 saturated carbocycles. The SMILES string of the molecule is CC(C)C(=O)Nc1cncc(-c2ccc3[nH]nc(-c4nc5c(-c6cccnc6)nccc5[nH]4)c3c2)c1. The highest BCUT2D eigenvalue weighted by Crippen LogP contribution is 2.32. The summed E-state index contributed by atoms with van der Waals surface area (Å²) in [7, 11) is 0. The molecule has 0 spiro atoms. The van der Waals surface area contributed by atoms with Crippen LogP contribution < -0.4 is 5.32 Å². The van der Waals surface area contributed by atoms with Gasteiger partial charge >= 0.3 is 0 Å². The first kappa shape index (κ1) is 21.6. The summed E-state index contributed by atoms with van der Waals surface area (Å²) < 4.78 is 0. The molecule has 1 aromatic carbocycles. The van der Waals surface area contributed by atoms with E-state index in [0.717, 1.165) is 44.3 Å². The van der Waals surface area contributed by atoms with E-state index in [0.29, 0.717) is 17.2 Å². The molecule has 0 radical (unpaired) electrons. The van der Waals surface area contributed by atoms with Gasteiger partial charge in [0.1, 0.15) is 11.2 Å². The molecule has 0 fully saturated rings. The molecule has 0 atom stereocenters. The summed E-state index contributed by atoms with van der Waals surface area (Å²) >= 11 is 0. The maximum Gasteiger partial charge on any atom is 0.226 e. The predicted octanol–water partition coefficient (Wildman–Crippen LogP) is 5.22. The predicted molar refractivity (Wildman–Crippen MR) is 139 cm³/mol. The van der Waals surface area contributed by atoms with Crippen LogP contribution in [0.2, 0.25) is 0 Å². The average Bonchev–Trinajstić information content (AvgIpc) is 3.53. The maximum atomic E-state index is 12.1. The van der Waals surface area contributed by atoms with Gasteiger partial charge in [0.2, 0.25) is 5.91 Å². The van der Waals surface area contributed by atoms with Gasteiger partial charge in [0, 0.05) is 47.2 Å². The van der Waals surface area contributed by atoms with E-state index in [-0.39, 0.29) is 11.8 Å². The first-order valence-electron chi connectivity index (χ1n) is 11.6. The third-order valence-electron chi connectivity index (χ3n) is 5.99. The average molecular weight is 475 g/mol. The number of benzene rings is 1. The second kappa shape index (κ2) is 8.70. The number of hydrogen-bond acceptors (Lipinski definition) is 6. The summed E-state index contributed by atoms with van der Waals surface area (Å²) in [5, 5.41) is 11.5. The van der Waals surface area contributed by atoms with Crippen LogP contribution in [0.3, 0.4) is 0 Å². The van der Waals surface area contributed by atoms with E-state index in [4.69, 9.17) is 4.98 Å². The van der Waals surface area contributed by atoms with Gasteiger partial charge in [-0.3, -0.25) is 24.8 Å². The van der Waals surface area contributed by atoms with Crippen molar-refractivity contribution in [3.63, 3.8) is 0 Å². The molecule has 5 aromatic heterocycles. The Labute approximate surface area is 206 Å². The number of aromatic amines is 2. The van der Waals surface area contributed by atoms with Crippen LogP contribution in [0.25, 0.3) is 55.8 Å². The molecule has 9 heteroatoms. The third-order valence-corrected chi connectivity index (χ3v) is 5.99. The van der Waals surface area contributed by atoms with Crippen LogP contribution in [-0.2, 0) is 4.79 Å². The highest BCUT2D eigenvalue weighted by Gasteiger charge is 2.17. The van der Waals surface area contributed by atoms with Crippen molar-refractivity contribution < 1.29 is 4.79 Å². The Bertz CT molecular complexity index is 1720. The Morgan fingerprint density at radius 3 is 2.61 bits per heavy atom. The molecule has 0 unspecified atom stereocenters. The van der Waals surface area contributed by atoms with E-state index in [1.165, 1.54) is 0 Å². The lowest BCUT2D eigenvalue weighted by Gasteiger charge is -2.09. The Kier molecular flexibility index (Phi) is 5.22. The molecule has 176 valence electrons. The van der Waals surface area contributed by atoms with E-state index >= 15 is 0 Å². The van der Waals surface area contributed by atoms with Gasteiger partial charge in [-0.15, -0.1) is 0 Å². The maximum absolute atomic E-state index is 12.1. The van der Waals surface area contributed by atoms with E-state index in [1.807, 2.05) is 56.3 Å². The van der Waals surface area contributed by atoms with Crippen LogP contribution >= 0.6 is 0 Å². The first-order valence-corrected chi connectivity index (χ1v) is 11.6. The smallest absolute Gasteiger partial charge is 0.226 e. The number of amides is 1. The van der Waals surface area contributed by atoms with Crippen LogP contribution in [0, 0.1) is 5.92 Å². The fraction of sp³-hybridized carbons (Fsp3) is 0.111. The van der Waals surface area contributed by atoms with Gasteiger partial charge in [0.15, 0.2) is 5.82 Å². The van der Waals surface area contributed by atoms with Crippen molar-refractivity contribution in [3.05, 3.63) is 73.4 Å². The summed E-state index contributed by atoms with van der Waals surface area (Å²) in [6.07, 6.45) is 8.69. The van der Waals surface area contributed by atoms with Gasteiger partial charge in [0.25, 0.3) is 0 Å². The Balaban J connectivity index is 1.41. The van der Waals surface area contributed by atoms with Crippen LogP contribution in [0.4, 0.5) is 5.69 Å². The lowest BCUT2D eigenvalue weighted by molar-refractivity contribution is -0.118. The highest BCUT2D eigenvalue weighted by molar-refractivity contribution is 5.98. The lowest BCUT2D eigenvalue weighted by Crippen LogP contribution is -2.17. The molecule has 6 aromatic rings. The number of aromatic nitrogens is 7. The molecular weight excluding hydrogens is 452 g/mol. The largest absolute Gasteiger partial charge is 0.336 e. The van der Waals surface area contributed by atoms with Crippen molar-refractivity contribution in [3.8, 4) is 33.9 Å². The number of pyridine rings is 3. The molecular formula is C27H22N8O. The van der Waals surface area contributed by atoms with Crippen molar-refractivity contribution in [1.82, 2.24) is 35.1 Å². The molecule has 0 aliphatic heterocycles. The van der Waals surface area contributed by atoms with Crippen molar-refractivity contribution in [2.75, 3.05) is 5.32 Å². The number of imidazole rings is 1. The number of carbonyl (C=O) groups is 1. The Morgan fingerprint density at radius 1 is 0.889 bits per heavy atom. The fourth-order valence-electron chi connectivity index (χ4n) is 4.09. The Hall–Kier alpha value is -4.92. The first-order chi connectivity index (χ1) is 17.6. The summed E-state index contributed by atoms with van der Waals surface area (Å²) in [4.78, 5) is 33.4. The molecule has 0 bridgehead atoms. The lowest BCUT2D eigenvalue weighted by atomic mass is 10.0. The topological polar surface area (TPSA) is 125 Å². The number of fused-ring (bicyclic) bond motifs is 2. The minimum atomic E-state index is -0.115. The summed E-state index contributed by atoms with van der Waals surface area (Å²) in [6.45, 7) is 3.71. The van der Waals surface area contributed by atoms with Crippen LogP contribution in [-0.4, -0.2) is 41.0 Å². The molecule has 1 amide bonds. The van der Waals surface area contributed by atoms with Gasteiger partial charge in [0.05, 0.1) is 28.6 Å². The van der Waals surface area contributed by atoms with Gasteiger partial charge in [-0.05, 0) is 42.0 Å². The van der Waals surface area contributed by atoms with E-state index < -0.39 is 0 Å². The van der Waals surface area contributed by atoms with Crippen LogP contribution in [0.1, 0.15) is 13.8 Å². The third kappa shape index (κ3) is 3.86. The summed E-state index contributed by atoms with van der Waals surface area (Å²) in [5.41, 5.74) is 7.36. The number of rotatable bonds is 5. The summed E-state index contributed by atoms with van der Waals surface area (Å²) in [5.74, 6) is 0.477. The van der Waals surface area contributed by atoms with Gasteiger partial charge in [-0.1, -0.05) is 19.9 Å². The Morgan fingerprint density at radius 2 is 1.78 bits per heavy atom. The highest BCUT2D eigenvalue weighted by atomic mass is 16.1. The molecule has 0 aliphatic rings. The second-order valence-electron chi connectivity index (χ2n) is 8.82. The molecule has 0 saturated heterocycles. The van der Waals surface area contributed by atoms with Gasteiger partial charge < -0.3 is 10.3 Å². The van der Waals surface area contributed by atoms with Crippen molar-refractivity contribution >= 4 is 33.5 Å². The standard InChI is InChI=1S/C27H22N8O/c1-15(2)27(36)31-19-10-18(13-29-14-19)16-5-6-21-20(11-16)24(35-34-21)26-32-22-7-9-30-23(25(22)33-26)17-4-3-8-28-12-17/h3-15H,1-2H3,(H,31,36)(H,32,33)(H,34,35). The van der Waals surface area contributed by atoms with Gasteiger partial charge in [-0.2, -0.15) is 5.10 Å². The minimum Gasteiger partial charge on any atom is -0.336 e. The quantitative estimate of drug-likeness (QED) is 0.315. The van der Waals surface area contributed by atoms with Gasteiger partial charge in [-0.25, -0.2) is 4.98 Å². The van der Waals surface area contributed by atoms with Crippen molar-refractivity contribution in [2.45, 2.75) is 13.8 Å². The zero-order valence-corrected chi connectivity index (χ0v) is 19.6. The van der Waals surface area contributed by atoms with Crippen LogP contribution in [0.5, 0.6) is 0 Å². The molecule has 9 nitrogen and oxygen atoms in total. The zero-order chi connectivity index (χ0) is 24.6. The number of H-pyrrole nitrogens is 2.